The number of methoxy groups -OCH3 is 1. The molecule has 4 aliphatic carbocycles. The van der Waals surface area contributed by atoms with E-state index in [1.54, 1.807) is 6.92 Å². The zero-order chi connectivity index (χ0) is 27.7. The zero-order valence-electron chi connectivity index (χ0n) is 22.1. The smallest absolute Gasteiger partial charge is 0.161 e. The summed E-state index contributed by atoms with van der Waals surface area (Å²) in [6, 6.07) is -0.632. The molecule has 11 heteroatoms. The van der Waals surface area contributed by atoms with Gasteiger partial charge in [-0.1, -0.05) is 6.42 Å². The number of Topliss-reactive ketones (excluding diaryl/α,β-unsaturated/α-hetero) is 3. The van der Waals surface area contributed by atoms with E-state index in [0.29, 0.717) is 12.8 Å². The number of hydrogen-bond donors (Lipinski definition) is 5. The molecule has 0 bridgehead atoms. The summed E-state index contributed by atoms with van der Waals surface area (Å²) in [4.78, 5) is 40.2. The van der Waals surface area contributed by atoms with E-state index < -0.39 is 95.8 Å². The van der Waals surface area contributed by atoms with Gasteiger partial charge in [-0.05, 0) is 39.0 Å². The predicted molar refractivity (Wildman–Crippen MR) is 130 cm³/mol. The highest BCUT2D eigenvalue weighted by Gasteiger charge is 2.66. The zero-order valence-corrected chi connectivity index (χ0v) is 22.1. The van der Waals surface area contributed by atoms with E-state index in [9.17, 15) is 34.8 Å². The average Bonchev–Trinajstić information content (AvgIpc) is 2.87. The average molecular weight is 540 g/mol. The van der Waals surface area contributed by atoms with Crippen LogP contribution >= 0.6 is 0 Å². The van der Waals surface area contributed by atoms with Crippen molar-refractivity contribution in [3.05, 3.63) is 0 Å². The van der Waals surface area contributed by atoms with Crippen molar-refractivity contribution in [2.24, 2.45) is 41.2 Å². The third-order valence-electron chi connectivity index (χ3n) is 10.2. The van der Waals surface area contributed by atoms with Gasteiger partial charge in [-0.25, -0.2) is 0 Å². The van der Waals surface area contributed by atoms with Gasteiger partial charge in [0.1, 0.15) is 17.2 Å². The summed E-state index contributed by atoms with van der Waals surface area (Å²) in [5.74, 6) is -6.30. The second-order valence-electron chi connectivity index (χ2n) is 12.2. The highest BCUT2D eigenvalue weighted by Crippen LogP contribution is 2.55. The first kappa shape index (κ1) is 28.2. The molecule has 1 saturated heterocycles. The maximum absolute atomic E-state index is 13.9. The topological polar surface area (TPSA) is 186 Å². The van der Waals surface area contributed by atoms with Crippen LogP contribution in [-0.2, 0) is 28.6 Å². The summed E-state index contributed by atoms with van der Waals surface area (Å²) in [6.07, 6.45) is -4.84. The van der Waals surface area contributed by atoms with Crippen LogP contribution in [0.5, 0.6) is 0 Å². The van der Waals surface area contributed by atoms with Crippen LogP contribution in [0.4, 0.5) is 0 Å². The van der Waals surface area contributed by atoms with Gasteiger partial charge in [-0.2, -0.15) is 0 Å². The van der Waals surface area contributed by atoms with Crippen LogP contribution in [0.1, 0.15) is 52.4 Å². The lowest BCUT2D eigenvalue weighted by molar-refractivity contribution is -0.279. The SMILES string of the molecule is COC1CCCC2C(=O)C3C(O)C4C[C@@](O)(C(C)=O)C[C@H](O[C@H]5C[C@@H](N)[C@H](O)C(C)O5)C4C(O)C3C(=O)C12. The molecular weight excluding hydrogens is 498 g/mol. The van der Waals surface area contributed by atoms with Crippen molar-refractivity contribution in [1.82, 2.24) is 0 Å². The Morgan fingerprint density at radius 2 is 1.68 bits per heavy atom. The van der Waals surface area contributed by atoms with Crippen LogP contribution in [0, 0.1) is 35.5 Å². The van der Waals surface area contributed by atoms with Crippen molar-refractivity contribution in [2.75, 3.05) is 7.11 Å². The molecule has 38 heavy (non-hydrogen) atoms. The normalized spacial score (nSPS) is 53.1. The lowest BCUT2D eigenvalue weighted by atomic mass is 9.49. The highest BCUT2D eigenvalue weighted by molar-refractivity contribution is 6.01. The highest BCUT2D eigenvalue weighted by atomic mass is 16.7. The molecule has 1 heterocycles. The number of aliphatic hydroxyl groups excluding tert-OH is 3. The Bertz CT molecular complexity index is 948. The summed E-state index contributed by atoms with van der Waals surface area (Å²) in [6.45, 7) is 2.91. The fraction of sp³-hybridized carbons (Fsp3) is 0.889. The number of ketones is 3. The molecule has 5 rings (SSSR count). The molecule has 0 spiro atoms. The molecule has 0 aromatic rings. The number of fused-ring (bicyclic) bond motifs is 3. The molecule has 0 aromatic carbocycles. The molecule has 1 aliphatic heterocycles. The third kappa shape index (κ3) is 4.39. The molecule has 6 N–H and O–H groups in total. The summed E-state index contributed by atoms with van der Waals surface area (Å²) < 4.78 is 17.6. The van der Waals surface area contributed by atoms with Crippen LogP contribution in [0.3, 0.4) is 0 Å². The largest absolute Gasteiger partial charge is 0.392 e. The molecule has 0 amide bonds. The van der Waals surface area contributed by atoms with Crippen molar-refractivity contribution in [3.8, 4) is 0 Å². The first-order valence-electron chi connectivity index (χ1n) is 13.8. The standard InChI is InChI=1S/C27H41NO10/c1-10-22(30)14(28)7-17(37-10)38-16-9-27(35,11(2)29)8-13-19(16)26(34)21-20(24(13)32)23(31)12-5-4-6-15(36-3)18(12)25(21)33/h10,12-22,24,26,30,32,34-35H,4-9,28H2,1-3H3/t10?,12?,13?,14-,15?,16+,17+,18?,19?,20?,21?,22-,24?,26?,27+/m1/s1. The minimum atomic E-state index is -1.85. The van der Waals surface area contributed by atoms with Gasteiger partial charge in [0.25, 0.3) is 0 Å². The molecule has 5 aliphatic rings. The molecule has 10 unspecified atom stereocenters. The summed E-state index contributed by atoms with van der Waals surface area (Å²) in [5, 5.41) is 44.8. The van der Waals surface area contributed by atoms with Crippen molar-refractivity contribution in [2.45, 2.75) is 107 Å². The number of nitrogens with two attached hydrogens (primary N) is 1. The summed E-state index contributed by atoms with van der Waals surface area (Å²) in [5.41, 5.74) is 4.21. The fourth-order valence-electron chi connectivity index (χ4n) is 8.18. The molecule has 5 fully saturated rings. The Morgan fingerprint density at radius 1 is 1.00 bits per heavy atom. The Morgan fingerprint density at radius 3 is 2.32 bits per heavy atom. The second-order valence-corrected chi connectivity index (χ2v) is 12.2. The van der Waals surface area contributed by atoms with Gasteiger partial charge in [0.2, 0.25) is 0 Å². The van der Waals surface area contributed by atoms with Crippen molar-refractivity contribution < 1.29 is 49.0 Å². The predicted octanol–water partition coefficient (Wildman–Crippen LogP) is -0.908. The molecule has 0 radical (unpaired) electrons. The van der Waals surface area contributed by atoms with Gasteiger partial charge in [-0.15, -0.1) is 0 Å². The van der Waals surface area contributed by atoms with E-state index in [0.717, 1.165) is 6.42 Å². The van der Waals surface area contributed by atoms with Gasteiger partial charge in [0, 0.05) is 37.8 Å². The first-order chi connectivity index (χ1) is 17.9. The van der Waals surface area contributed by atoms with Crippen LogP contribution < -0.4 is 5.73 Å². The molecular formula is C27H41NO10. The van der Waals surface area contributed by atoms with Crippen molar-refractivity contribution in [1.29, 1.82) is 0 Å². The van der Waals surface area contributed by atoms with Crippen molar-refractivity contribution >= 4 is 17.3 Å². The second kappa shape index (κ2) is 10.3. The molecule has 15 atom stereocenters. The maximum Gasteiger partial charge on any atom is 0.161 e. The van der Waals surface area contributed by atoms with Crippen molar-refractivity contribution in [3.63, 3.8) is 0 Å². The molecule has 11 nitrogen and oxygen atoms in total. The summed E-state index contributed by atoms with van der Waals surface area (Å²) >= 11 is 0. The Balaban J connectivity index is 1.49. The van der Waals surface area contributed by atoms with E-state index in [1.165, 1.54) is 14.0 Å². The van der Waals surface area contributed by atoms with Crippen LogP contribution in [0.25, 0.3) is 0 Å². The number of carbonyl (C=O) groups is 3. The van der Waals surface area contributed by atoms with E-state index in [2.05, 4.69) is 0 Å². The van der Waals surface area contributed by atoms with E-state index in [1.807, 2.05) is 0 Å². The Labute approximate surface area is 222 Å². The van der Waals surface area contributed by atoms with Gasteiger partial charge in [0.05, 0.1) is 54.4 Å². The minimum absolute atomic E-state index is 0.138. The van der Waals surface area contributed by atoms with Gasteiger partial charge in [-0.3, -0.25) is 14.4 Å². The molecule has 0 aromatic heterocycles. The summed E-state index contributed by atoms with van der Waals surface area (Å²) in [7, 11) is 1.51. The maximum atomic E-state index is 13.9. The fourth-order valence-corrected chi connectivity index (χ4v) is 8.18. The Kier molecular flexibility index (Phi) is 7.62. The van der Waals surface area contributed by atoms with Crippen LogP contribution in [0.15, 0.2) is 0 Å². The quantitative estimate of drug-likeness (QED) is 0.298. The van der Waals surface area contributed by atoms with Gasteiger partial charge >= 0.3 is 0 Å². The minimum Gasteiger partial charge on any atom is -0.392 e. The number of ether oxygens (including phenoxy) is 3. The number of hydrogen-bond acceptors (Lipinski definition) is 11. The lowest BCUT2D eigenvalue weighted by Crippen LogP contribution is -2.69. The monoisotopic (exact) mass is 539 g/mol. The van der Waals surface area contributed by atoms with Gasteiger partial charge in [0.15, 0.2) is 12.1 Å². The van der Waals surface area contributed by atoms with E-state index in [-0.39, 0.29) is 30.8 Å². The Hall–Kier alpha value is -1.31. The lowest BCUT2D eigenvalue weighted by Gasteiger charge is -2.58. The first-order valence-corrected chi connectivity index (χ1v) is 13.8. The number of carbonyl (C=O) groups excluding carboxylic acids is 3. The van der Waals surface area contributed by atoms with E-state index in [4.69, 9.17) is 19.9 Å². The van der Waals surface area contributed by atoms with Crippen LogP contribution in [0.2, 0.25) is 0 Å². The number of rotatable bonds is 4. The van der Waals surface area contributed by atoms with Gasteiger partial charge < -0.3 is 40.4 Å². The third-order valence-corrected chi connectivity index (χ3v) is 10.2. The van der Waals surface area contributed by atoms with E-state index >= 15 is 0 Å². The molecule has 4 saturated carbocycles. The van der Waals surface area contributed by atoms with Crippen LogP contribution in [-0.4, -0.2) is 99.4 Å². The number of aliphatic hydroxyl groups is 4. The molecule has 214 valence electrons.